The number of nitrogens with one attached hydrogen (secondary N) is 1. The number of rotatable bonds is 5. The molecule has 1 fully saturated rings. The molecule has 0 spiro atoms. The van der Waals surface area contributed by atoms with E-state index in [0.29, 0.717) is 5.92 Å². The van der Waals surface area contributed by atoms with Gasteiger partial charge in [-0.25, -0.2) is 4.98 Å². The molecule has 20 heavy (non-hydrogen) atoms. The summed E-state index contributed by atoms with van der Waals surface area (Å²) in [6.45, 7) is 5.17. The zero-order valence-electron chi connectivity index (χ0n) is 12.3. The van der Waals surface area contributed by atoms with Crippen LogP contribution in [-0.4, -0.2) is 35.4 Å². The average Bonchev–Trinajstić information content (AvgIpc) is 3.03. The van der Waals surface area contributed by atoms with Crippen molar-refractivity contribution >= 4 is 34.2 Å². The number of thiazole rings is 1. The Morgan fingerprint density at radius 2 is 2.35 bits per heavy atom. The number of halogens is 1. The van der Waals surface area contributed by atoms with E-state index in [-0.39, 0.29) is 35.0 Å². The van der Waals surface area contributed by atoms with Crippen molar-refractivity contribution in [1.29, 1.82) is 0 Å². The van der Waals surface area contributed by atoms with Crippen molar-refractivity contribution in [2.45, 2.75) is 45.2 Å². The maximum atomic E-state index is 12.7. The highest BCUT2D eigenvalue weighted by molar-refractivity contribution is 8.93. The molecule has 0 radical (unpaired) electrons. The zero-order chi connectivity index (χ0) is 13.8. The minimum absolute atomic E-state index is 0. The number of hydrogen-bond acceptors (Lipinski definition) is 4. The van der Waals surface area contributed by atoms with Crippen molar-refractivity contribution in [1.82, 2.24) is 15.2 Å². The van der Waals surface area contributed by atoms with Crippen LogP contribution in [0.25, 0.3) is 0 Å². The van der Waals surface area contributed by atoms with Crippen molar-refractivity contribution in [2.75, 3.05) is 13.6 Å². The average molecular weight is 362 g/mol. The van der Waals surface area contributed by atoms with Crippen molar-refractivity contribution in [3.05, 3.63) is 16.6 Å². The van der Waals surface area contributed by atoms with Gasteiger partial charge in [-0.15, -0.1) is 28.3 Å². The molecule has 0 bridgehead atoms. The fourth-order valence-corrected chi connectivity index (χ4v) is 3.49. The van der Waals surface area contributed by atoms with Crippen LogP contribution >= 0.6 is 28.3 Å². The third kappa shape index (κ3) is 4.02. The van der Waals surface area contributed by atoms with Gasteiger partial charge in [-0.3, -0.25) is 4.79 Å². The SMILES string of the molecule is Br.CN[C@H](CC(C)C)C(=O)N1CCC[C@H]1c1nccs1. The molecule has 1 aromatic heterocycles. The van der Waals surface area contributed by atoms with Crippen molar-refractivity contribution < 1.29 is 4.79 Å². The van der Waals surface area contributed by atoms with Gasteiger partial charge in [-0.1, -0.05) is 13.8 Å². The van der Waals surface area contributed by atoms with E-state index in [4.69, 9.17) is 0 Å². The Hall–Kier alpha value is -0.460. The molecule has 6 heteroatoms. The highest BCUT2D eigenvalue weighted by Gasteiger charge is 2.34. The van der Waals surface area contributed by atoms with Crippen molar-refractivity contribution in [2.24, 2.45) is 5.92 Å². The van der Waals surface area contributed by atoms with Gasteiger partial charge in [0.15, 0.2) is 0 Å². The molecular weight excluding hydrogens is 338 g/mol. The molecule has 0 aromatic carbocycles. The summed E-state index contributed by atoms with van der Waals surface area (Å²) in [6.07, 6.45) is 4.83. The van der Waals surface area contributed by atoms with E-state index in [0.717, 1.165) is 30.8 Å². The Balaban J connectivity index is 0.00000200. The van der Waals surface area contributed by atoms with Crippen LogP contribution in [-0.2, 0) is 4.79 Å². The number of nitrogens with zero attached hydrogens (tertiary/aromatic N) is 2. The Kier molecular flexibility index (Phi) is 7.12. The second-order valence-electron chi connectivity index (χ2n) is 5.53. The Labute approximate surface area is 135 Å². The number of likely N-dealkylation sites (N-methyl/N-ethyl adjacent to an activating group) is 1. The molecular formula is C14H24BrN3OS. The van der Waals surface area contributed by atoms with Crippen LogP contribution in [0, 0.1) is 5.92 Å². The second-order valence-corrected chi connectivity index (χ2v) is 6.46. The minimum Gasteiger partial charge on any atom is -0.332 e. The molecule has 4 nitrogen and oxygen atoms in total. The molecule has 0 saturated carbocycles. The summed E-state index contributed by atoms with van der Waals surface area (Å²) in [6, 6.07) is 0.121. The third-order valence-electron chi connectivity index (χ3n) is 3.63. The minimum atomic E-state index is -0.0689. The Morgan fingerprint density at radius 3 is 2.90 bits per heavy atom. The van der Waals surface area contributed by atoms with Crippen LogP contribution in [0.2, 0.25) is 0 Å². The van der Waals surface area contributed by atoms with Gasteiger partial charge in [0, 0.05) is 18.1 Å². The maximum absolute atomic E-state index is 12.7. The van der Waals surface area contributed by atoms with Gasteiger partial charge in [0.2, 0.25) is 5.91 Å². The van der Waals surface area contributed by atoms with Crippen molar-refractivity contribution in [3.63, 3.8) is 0 Å². The molecule has 1 saturated heterocycles. The standard InChI is InChI=1S/C14H23N3OS.BrH/c1-10(2)9-11(15-3)14(18)17-7-4-5-12(17)13-16-6-8-19-13;/h6,8,10-12,15H,4-5,7,9H2,1-3H3;1H/t11-,12+;/m1./s1. The maximum Gasteiger partial charge on any atom is 0.240 e. The van der Waals surface area contributed by atoms with Crippen LogP contribution in [0.15, 0.2) is 11.6 Å². The molecule has 1 amide bonds. The highest BCUT2D eigenvalue weighted by atomic mass is 79.9. The lowest BCUT2D eigenvalue weighted by atomic mass is 10.0. The fourth-order valence-electron chi connectivity index (χ4n) is 2.70. The van der Waals surface area contributed by atoms with Gasteiger partial charge in [-0.05, 0) is 32.2 Å². The van der Waals surface area contributed by atoms with Crippen LogP contribution < -0.4 is 5.32 Å². The van der Waals surface area contributed by atoms with Gasteiger partial charge in [0.1, 0.15) is 5.01 Å². The Morgan fingerprint density at radius 1 is 1.60 bits per heavy atom. The zero-order valence-corrected chi connectivity index (χ0v) is 14.9. The first-order valence-corrected chi connectivity index (χ1v) is 7.88. The topological polar surface area (TPSA) is 45.2 Å². The number of carbonyl (C=O) groups excluding carboxylic acids is 1. The lowest BCUT2D eigenvalue weighted by Gasteiger charge is -2.28. The summed E-state index contributed by atoms with van der Waals surface area (Å²) in [4.78, 5) is 19.1. The van der Waals surface area contributed by atoms with E-state index in [1.165, 1.54) is 0 Å². The smallest absolute Gasteiger partial charge is 0.240 e. The van der Waals surface area contributed by atoms with E-state index in [2.05, 4.69) is 24.1 Å². The number of hydrogen-bond donors (Lipinski definition) is 1. The molecule has 2 atom stereocenters. The van der Waals surface area contributed by atoms with Crippen LogP contribution in [0.5, 0.6) is 0 Å². The first kappa shape index (κ1) is 17.6. The summed E-state index contributed by atoms with van der Waals surface area (Å²) in [5, 5.41) is 6.23. The molecule has 2 heterocycles. The summed E-state index contributed by atoms with van der Waals surface area (Å²) in [5.74, 6) is 0.746. The fraction of sp³-hybridized carbons (Fsp3) is 0.714. The third-order valence-corrected chi connectivity index (χ3v) is 4.50. The predicted molar refractivity (Wildman–Crippen MR) is 88.4 cm³/mol. The van der Waals surface area contributed by atoms with E-state index in [9.17, 15) is 4.79 Å². The number of carbonyl (C=O) groups is 1. The molecule has 2 rings (SSSR count). The highest BCUT2D eigenvalue weighted by Crippen LogP contribution is 2.33. The molecule has 114 valence electrons. The number of likely N-dealkylation sites (tertiary alicyclic amines) is 1. The van der Waals surface area contributed by atoms with Crippen LogP contribution in [0.4, 0.5) is 0 Å². The molecule has 0 aliphatic carbocycles. The van der Waals surface area contributed by atoms with E-state index in [1.807, 2.05) is 23.5 Å². The van der Waals surface area contributed by atoms with Gasteiger partial charge in [-0.2, -0.15) is 0 Å². The van der Waals surface area contributed by atoms with E-state index in [1.54, 1.807) is 11.3 Å². The van der Waals surface area contributed by atoms with Crippen LogP contribution in [0.1, 0.15) is 44.2 Å². The molecule has 1 aromatic rings. The number of aromatic nitrogens is 1. The summed E-state index contributed by atoms with van der Waals surface area (Å²) < 4.78 is 0. The normalized spacial score (nSPS) is 20.0. The predicted octanol–water partition coefficient (Wildman–Crippen LogP) is 3.02. The molecule has 1 N–H and O–H groups in total. The quantitative estimate of drug-likeness (QED) is 0.876. The summed E-state index contributed by atoms with van der Waals surface area (Å²) in [5.41, 5.74) is 0. The lowest BCUT2D eigenvalue weighted by Crippen LogP contribution is -2.45. The lowest BCUT2D eigenvalue weighted by molar-refractivity contribution is -0.134. The van der Waals surface area contributed by atoms with Crippen LogP contribution in [0.3, 0.4) is 0 Å². The monoisotopic (exact) mass is 361 g/mol. The summed E-state index contributed by atoms with van der Waals surface area (Å²) in [7, 11) is 1.87. The van der Waals surface area contributed by atoms with E-state index < -0.39 is 0 Å². The van der Waals surface area contributed by atoms with Crippen molar-refractivity contribution in [3.8, 4) is 0 Å². The van der Waals surface area contributed by atoms with E-state index >= 15 is 0 Å². The second kappa shape index (κ2) is 8.10. The van der Waals surface area contributed by atoms with Gasteiger partial charge < -0.3 is 10.2 Å². The largest absolute Gasteiger partial charge is 0.332 e. The van der Waals surface area contributed by atoms with Gasteiger partial charge >= 0.3 is 0 Å². The Bertz CT molecular complexity index is 411. The first-order chi connectivity index (χ1) is 9.13. The molecule has 0 unspecified atom stereocenters. The van der Waals surface area contributed by atoms with Gasteiger partial charge in [0.25, 0.3) is 0 Å². The first-order valence-electron chi connectivity index (χ1n) is 7.00. The number of amides is 1. The molecule has 1 aliphatic rings. The molecule has 1 aliphatic heterocycles. The summed E-state index contributed by atoms with van der Waals surface area (Å²) >= 11 is 1.65. The van der Waals surface area contributed by atoms with Gasteiger partial charge in [0.05, 0.1) is 12.1 Å².